The molecule has 9 nitrogen and oxygen atoms in total. The lowest BCUT2D eigenvalue weighted by Gasteiger charge is -2.20. The molecular weight excluding hydrogens is 470 g/mol. The molecule has 0 saturated carbocycles. The fourth-order valence-electron chi connectivity index (χ4n) is 3.08. The number of methoxy groups -OCH3 is 1. The second kappa shape index (κ2) is 10.4. The van der Waals surface area contributed by atoms with Crippen molar-refractivity contribution in [2.24, 2.45) is 0 Å². The number of nitrogens with zero attached hydrogens (tertiary/aromatic N) is 1. The molecule has 11 heteroatoms. The molecule has 0 aliphatic rings. The van der Waals surface area contributed by atoms with Gasteiger partial charge in [0.1, 0.15) is 16.7 Å². The predicted molar refractivity (Wildman–Crippen MR) is 124 cm³/mol. The number of hydrogen-bond acceptors (Lipinski definition) is 6. The molecule has 0 radical (unpaired) electrons. The molecule has 0 aromatic heterocycles. The minimum atomic E-state index is -4.23. The van der Waals surface area contributed by atoms with Crippen LogP contribution in [0.2, 0.25) is 5.02 Å². The molecule has 0 heterocycles. The van der Waals surface area contributed by atoms with Crippen molar-refractivity contribution in [1.29, 1.82) is 0 Å². The average Bonchev–Trinajstić information content (AvgIpc) is 2.79. The average molecular weight is 490 g/mol. The van der Waals surface area contributed by atoms with Gasteiger partial charge in [0.25, 0.3) is 5.69 Å². The second-order valence-corrected chi connectivity index (χ2v) is 9.07. The van der Waals surface area contributed by atoms with Crippen LogP contribution in [0.4, 0.5) is 11.4 Å². The summed E-state index contributed by atoms with van der Waals surface area (Å²) >= 11 is 5.97. The highest BCUT2D eigenvalue weighted by Gasteiger charge is 2.29. The van der Waals surface area contributed by atoms with Gasteiger partial charge in [0.15, 0.2) is 0 Å². The van der Waals surface area contributed by atoms with E-state index in [1.807, 2.05) is 0 Å². The Morgan fingerprint density at radius 2 is 1.82 bits per heavy atom. The Balaban J connectivity index is 1.93. The van der Waals surface area contributed by atoms with Crippen LogP contribution in [-0.2, 0) is 21.2 Å². The number of benzene rings is 3. The van der Waals surface area contributed by atoms with Crippen molar-refractivity contribution in [2.75, 3.05) is 12.4 Å². The van der Waals surface area contributed by atoms with Crippen molar-refractivity contribution in [2.45, 2.75) is 17.4 Å². The topological polar surface area (TPSA) is 128 Å². The van der Waals surface area contributed by atoms with E-state index in [0.29, 0.717) is 5.56 Å². The minimum absolute atomic E-state index is 0.0315. The molecule has 33 heavy (non-hydrogen) atoms. The molecule has 0 fully saturated rings. The zero-order chi connectivity index (χ0) is 24.0. The van der Waals surface area contributed by atoms with Gasteiger partial charge in [-0.05, 0) is 36.2 Å². The fraction of sp³-hybridized carbons (Fsp3) is 0.136. The number of anilines is 1. The number of halogens is 1. The minimum Gasteiger partial charge on any atom is -0.495 e. The van der Waals surface area contributed by atoms with Gasteiger partial charge in [0, 0.05) is 22.8 Å². The summed E-state index contributed by atoms with van der Waals surface area (Å²) in [5.74, 6) is -0.631. The predicted octanol–water partition coefficient (Wildman–Crippen LogP) is 3.79. The molecule has 3 rings (SSSR count). The molecule has 3 aromatic carbocycles. The highest BCUT2D eigenvalue weighted by Crippen LogP contribution is 2.27. The van der Waals surface area contributed by atoms with Crippen molar-refractivity contribution in [3.63, 3.8) is 0 Å². The number of non-ortho nitro benzene ring substituents is 1. The summed E-state index contributed by atoms with van der Waals surface area (Å²) < 4.78 is 33.8. The first-order valence-corrected chi connectivity index (χ1v) is 11.5. The Labute approximate surface area is 195 Å². The highest BCUT2D eigenvalue weighted by molar-refractivity contribution is 7.89. The molecule has 0 aliphatic heterocycles. The maximum absolute atomic E-state index is 13.1. The Bertz CT molecular complexity index is 1270. The third kappa shape index (κ3) is 6.28. The number of nitro benzene ring substituents is 1. The Morgan fingerprint density at radius 1 is 1.09 bits per heavy atom. The molecule has 2 N–H and O–H groups in total. The Hall–Kier alpha value is -3.47. The molecule has 1 atom stereocenters. The van der Waals surface area contributed by atoms with Gasteiger partial charge in [-0.3, -0.25) is 14.9 Å². The smallest absolute Gasteiger partial charge is 0.271 e. The maximum Gasteiger partial charge on any atom is 0.271 e. The van der Waals surface area contributed by atoms with Gasteiger partial charge >= 0.3 is 0 Å². The summed E-state index contributed by atoms with van der Waals surface area (Å²) in [7, 11) is -2.91. The van der Waals surface area contributed by atoms with Crippen LogP contribution in [0.1, 0.15) is 5.56 Å². The molecule has 0 aliphatic carbocycles. The van der Waals surface area contributed by atoms with Gasteiger partial charge in [-0.25, -0.2) is 8.42 Å². The first-order chi connectivity index (χ1) is 15.7. The molecule has 0 spiro atoms. The molecule has 172 valence electrons. The molecule has 0 saturated heterocycles. The van der Waals surface area contributed by atoms with Crippen LogP contribution in [0.15, 0.2) is 77.7 Å². The number of hydrogen-bond donors (Lipinski definition) is 2. The summed E-state index contributed by atoms with van der Waals surface area (Å²) in [5.41, 5.74) is 0.654. The third-order valence-corrected chi connectivity index (χ3v) is 6.36. The van der Waals surface area contributed by atoms with Gasteiger partial charge in [-0.2, -0.15) is 4.72 Å². The van der Waals surface area contributed by atoms with E-state index in [1.54, 1.807) is 30.3 Å². The number of rotatable bonds is 9. The van der Waals surface area contributed by atoms with Gasteiger partial charge in [0.2, 0.25) is 15.9 Å². The standard InChI is InChI=1S/C22H20ClN3O6S/c1-32-20-11-10-16(23)13-21(20)33(30,31)25-19(12-15-6-3-2-4-7-15)22(27)24-17-8-5-9-18(14-17)26(28)29/h2-11,13-14,19,25H,12H2,1H3,(H,24,27)/t19-/m1/s1. The number of ether oxygens (including phenoxy) is 1. The lowest BCUT2D eigenvalue weighted by Crippen LogP contribution is -2.45. The Kier molecular flexibility index (Phi) is 7.64. The SMILES string of the molecule is COc1ccc(Cl)cc1S(=O)(=O)N[C@H](Cc1ccccc1)C(=O)Nc1cccc([N+](=O)[O-])c1. The van der Waals surface area contributed by atoms with E-state index in [-0.39, 0.29) is 33.5 Å². The second-order valence-electron chi connectivity index (χ2n) is 6.96. The number of amides is 1. The van der Waals surface area contributed by atoms with Crippen molar-refractivity contribution >= 4 is 38.9 Å². The fourth-order valence-corrected chi connectivity index (χ4v) is 4.70. The van der Waals surface area contributed by atoms with E-state index in [2.05, 4.69) is 10.0 Å². The van der Waals surface area contributed by atoms with Crippen LogP contribution in [-0.4, -0.2) is 32.4 Å². The zero-order valence-electron chi connectivity index (χ0n) is 17.4. The number of carbonyl (C=O) groups excluding carboxylic acids is 1. The molecule has 1 amide bonds. The van der Waals surface area contributed by atoms with Crippen molar-refractivity contribution in [3.05, 3.63) is 93.5 Å². The first-order valence-electron chi connectivity index (χ1n) is 9.65. The third-order valence-electron chi connectivity index (χ3n) is 4.64. The summed E-state index contributed by atoms with van der Waals surface area (Å²) in [6, 6.07) is 17.1. The normalized spacial score (nSPS) is 12.1. The monoisotopic (exact) mass is 489 g/mol. The summed E-state index contributed by atoms with van der Waals surface area (Å²) in [6.07, 6.45) is 0.0315. The lowest BCUT2D eigenvalue weighted by atomic mass is 10.1. The van der Waals surface area contributed by atoms with Crippen LogP contribution in [0.3, 0.4) is 0 Å². The molecule has 3 aromatic rings. The maximum atomic E-state index is 13.1. The molecule has 0 bridgehead atoms. The number of nitro groups is 1. The van der Waals surface area contributed by atoms with Gasteiger partial charge < -0.3 is 10.1 Å². The van der Waals surface area contributed by atoms with E-state index in [1.165, 1.54) is 49.6 Å². The lowest BCUT2D eigenvalue weighted by molar-refractivity contribution is -0.384. The van der Waals surface area contributed by atoms with E-state index < -0.39 is 26.9 Å². The molecule has 0 unspecified atom stereocenters. The molecular formula is C22H20ClN3O6S. The summed E-state index contributed by atoms with van der Waals surface area (Å²) in [6.45, 7) is 0. The highest BCUT2D eigenvalue weighted by atomic mass is 35.5. The van der Waals surface area contributed by atoms with Crippen LogP contribution >= 0.6 is 11.6 Å². The summed E-state index contributed by atoms with van der Waals surface area (Å²) in [4.78, 5) is 23.3. The van der Waals surface area contributed by atoms with Gasteiger partial charge in [-0.1, -0.05) is 48.0 Å². The van der Waals surface area contributed by atoms with Gasteiger partial charge in [-0.15, -0.1) is 0 Å². The van der Waals surface area contributed by atoms with Crippen molar-refractivity contribution in [3.8, 4) is 5.75 Å². The van der Waals surface area contributed by atoms with E-state index in [4.69, 9.17) is 16.3 Å². The quantitative estimate of drug-likeness (QED) is 0.347. The van der Waals surface area contributed by atoms with E-state index in [0.717, 1.165) is 0 Å². The number of sulfonamides is 1. The van der Waals surface area contributed by atoms with Crippen molar-refractivity contribution < 1.29 is 22.9 Å². The van der Waals surface area contributed by atoms with Crippen LogP contribution in [0, 0.1) is 10.1 Å². The van der Waals surface area contributed by atoms with Crippen LogP contribution < -0.4 is 14.8 Å². The van der Waals surface area contributed by atoms with Gasteiger partial charge in [0.05, 0.1) is 12.0 Å². The van der Waals surface area contributed by atoms with Crippen LogP contribution in [0.5, 0.6) is 5.75 Å². The largest absolute Gasteiger partial charge is 0.495 e. The number of nitrogens with one attached hydrogen (secondary N) is 2. The Morgan fingerprint density at radius 3 is 2.48 bits per heavy atom. The van der Waals surface area contributed by atoms with Crippen LogP contribution in [0.25, 0.3) is 0 Å². The van der Waals surface area contributed by atoms with Crippen molar-refractivity contribution in [1.82, 2.24) is 4.72 Å². The zero-order valence-corrected chi connectivity index (χ0v) is 19.0. The first kappa shape index (κ1) is 24.2. The van der Waals surface area contributed by atoms with E-state index >= 15 is 0 Å². The van der Waals surface area contributed by atoms with E-state index in [9.17, 15) is 23.3 Å². The number of carbonyl (C=O) groups is 1. The summed E-state index contributed by atoms with van der Waals surface area (Å²) in [5, 5.41) is 13.7.